The largest absolute Gasteiger partial charge is 0.462 e. The third-order valence-corrected chi connectivity index (χ3v) is 4.41. The molecule has 0 radical (unpaired) electrons. The van der Waals surface area contributed by atoms with Crippen molar-refractivity contribution in [2.75, 3.05) is 6.61 Å². The van der Waals surface area contributed by atoms with Crippen LogP contribution in [0.2, 0.25) is 5.02 Å². The van der Waals surface area contributed by atoms with Gasteiger partial charge in [0.05, 0.1) is 12.1 Å². The first-order valence-corrected chi connectivity index (χ1v) is 8.48. The van der Waals surface area contributed by atoms with Crippen LogP contribution in [0, 0.1) is 0 Å². The Kier molecular flexibility index (Phi) is 4.01. The lowest BCUT2D eigenvalue weighted by Crippen LogP contribution is -2.11. The van der Waals surface area contributed by atoms with Gasteiger partial charge in [-0.25, -0.2) is 9.59 Å². The molecule has 2 aromatic carbocycles. The van der Waals surface area contributed by atoms with Gasteiger partial charge in [0.2, 0.25) is 0 Å². The van der Waals surface area contributed by atoms with E-state index in [9.17, 15) is 9.59 Å². The number of aromatic nitrogens is 1. The molecule has 4 rings (SSSR count). The smallest absolute Gasteiger partial charge is 0.361 e. The fraction of sp³-hybridized carbons (Fsp3) is 0.100. The van der Waals surface area contributed by atoms with Crippen LogP contribution in [0.1, 0.15) is 17.3 Å². The average molecular weight is 368 g/mol. The fourth-order valence-electron chi connectivity index (χ4n) is 3.05. The molecule has 0 fully saturated rings. The Hall–Kier alpha value is -3.05. The van der Waals surface area contributed by atoms with Crippen LogP contribution in [0.15, 0.2) is 63.9 Å². The van der Waals surface area contributed by atoms with Gasteiger partial charge in [0, 0.05) is 16.8 Å². The standard InChI is InChI=1S/C20H14ClNO4/c1-2-25-19(23)17-14(12-7-9-13(21)10-8-12)11-22-15-5-3-4-6-16(15)26-20(24)18(17)22/h3-11H,2H2,1H3. The zero-order valence-electron chi connectivity index (χ0n) is 13.9. The molecular weight excluding hydrogens is 354 g/mol. The maximum absolute atomic E-state index is 12.6. The molecule has 2 aromatic heterocycles. The normalized spacial score (nSPS) is 11.2. The van der Waals surface area contributed by atoms with Gasteiger partial charge >= 0.3 is 11.6 Å². The number of ether oxygens (including phenoxy) is 1. The van der Waals surface area contributed by atoms with Crippen LogP contribution >= 0.6 is 11.6 Å². The highest BCUT2D eigenvalue weighted by Crippen LogP contribution is 2.31. The summed E-state index contributed by atoms with van der Waals surface area (Å²) in [6.07, 6.45) is 1.75. The Morgan fingerprint density at radius 1 is 1.15 bits per heavy atom. The van der Waals surface area contributed by atoms with Crippen molar-refractivity contribution >= 4 is 34.2 Å². The van der Waals surface area contributed by atoms with Gasteiger partial charge < -0.3 is 13.6 Å². The lowest BCUT2D eigenvalue weighted by Gasteiger charge is -2.05. The number of hydrogen-bond acceptors (Lipinski definition) is 4. The third-order valence-electron chi connectivity index (χ3n) is 4.16. The molecular formula is C20H14ClNO4. The number of fused-ring (bicyclic) bond motifs is 3. The first-order valence-electron chi connectivity index (χ1n) is 8.10. The average Bonchev–Trinajstić information content (AvgIpc) is 3.04. The molecule has 5 nitrogen and oxygen atoms in total. The predicted octanol–water partition coefficient (Wildman–Crippen LogP) is 4.54. The number of nitrogens with zero attached hydrogens (tertiary/aromatic N) is 1. The summed E-state index contributed by atoms with van der Waals surface area (Å²) in [5.74, 6) is -0.567. The maximum Gasteiger partial charge on any atom is 0.361 e. The number of carbonyl (C=O) groups is 1. The van der Waals surface area contributed by atoms with Crippen LogP contribution in [0.4, 0.5) is 0 Å². The maximum atomic E-state index is 12.6. The topological polar surface area (TPSA) is 60.9 Å². The lowest BCUT2D eigenvalue weighted by atomic mass is 10.0. The number of esters is 1. The summed E-state index contributed by atoms with van der Waals surface area (Å²) in [5.41, 5.74) is 2.23. The molecule has 0 saturated carbocycles. The zero-order chi connectivity index (χ0) is 18.3. The van der Waals surface area contributed by atoms with Crippen LogP contribution in [0.25, 0.3) is 27.7 Å². The van der Waals surface area contributed by atoms with E-state index in [1.54, 1.807) is 53.9 Å². The number of para-hydroxylation sites is 2. The molecule has 0 amide bonds. The van der Waals surface area contributed by atoms with Crippen molar-refractivity contribution < 1.29 is 13.9 Å². The molecule has 0 aliphatic heterocycles. The number of hydrogen-bond donors (Lipinski definition) is 0. The van der Waals surface area contributed by atoms with Crippen LogP contribution in [-0.2, 0) is 4.74 Å². The molecule has 0 saturated heterocycles. The highest BCUT2D eigenvalue weighted by Gasteiger charge is 2.24. The Morgan fingerprint density at radius 3 is 2.62 bits per heavy atom. The van der Waals surface area contributed by atoms with Gasteiger partial charge in [-0.15, -0.1) is 0 Å². The van der Waals surface area contributed by atoms with E-state index in [0.717, 1.165) is 5.56 Å². The van der Waals surface area contributed by atoms with Crippen LogP contribution < -0.4 is 5.63 Å². The van der Waals surface area contributed by atoms with Gasteiger partial charge in [-0.05, 0) is 36.8 Å². The highest BCUT2D eigenvalue weighted by molar-refractivity contribution is 6.30. The van der Waals surface area contributed by atoms with Crippen molar-refractivity contribution in [3.8, 4) is 11.1 Å². The third kappa shape index (κ3) is 2.57. The van der Waals surface area contributed by atoms with Crippen molar-refractivity contribution in [1.29, 1.82) is 0 Å². The van der Waals surface area contributed by atoms with Crippen molar-refractivity contribution in [2.45, 2.75) is 6.92 Å². The number of rotatable bonds is 3. The van der Waals surface area contributed by atoms with E-state index >= 15 is 0 Å². The van der Waals surface area contributed by atoms with Crippen LogP contribution in [0.5, 0.6) is 0 Å². The number of benzene rings is 2. The van der Waals surface area contributed by atoms with E-state index in [0.29, 0.717) is 21.7 Å². The molecule has 0 unspecified atom stereocenters. The van der Waals surface area contributed by atoms with Crippen molar-refractivity contribution in [2.24, 2.45) is 0 Å². The molecule has 130 valence electrons. The second-order valence-electron chi connectivity index (χ2n) is 5.72. The fourth-order valence-corrected chi connectivity index (χ4v) is 3.17. The molecule has 0 aliphatic carbocycles. The molecule has 2 heterocycles. The molecule has 6 heteroatoms. The van der Waals surface area contributed by atoms with Gasteiger partial charge in [0.15, 0.2) is 5.58 Å². The Balaban J connectivity index is 2.13. The number of carbonyl (C=O) groups excluding carboxylic acids is 1. The van der Waals surface area contributed by atoms with Gasteiger partial charge in [0.1, 0.15) is 11.1 Å². The first-order chi connectivity index (χ1) is 12.6. The number of halogens is 1. The zero-order valence-corrected chi connectivity index (χ0v) is 14.6. The summed E-state index contributed by atoms with van der Waals surface area (Å²) in [5, 5.41) is 0.583. The Bertz CT molecular complexity index is 1190. The molecule has 0 spiro atoms. The van der Waals surface area contributed by atoms with E-state index in [1.165, 1.54) is 0 Å². The summed E-state index contributed by atoms with van der Waals surface area (Å²) in [4.78, 5) is 25.2. The Morgan fingerprint density at radius 2 is 1.88 bits per heavy atom. The minimum atomic E-state index is -0.591. The van der Waals surface area contributed by atoms with Crippen molar-refractivity contribution in [3.05, 3.63) is 75.7 Å². The summed E-state index contributed by atoms with van der Waals surface area (Å²) >= 11 is 5.97. The summed E-state index contributed by atoms with van der Waals surface area (Å²) in [7, 11) is 0. The minimum Gasteiger partial charge on any atom is -0.462 e. The van der Waals surface area contributed by atoms with E-state index < -0.39 is 11.6 Å². The molecule has 0 N–H and O–H groups in total. The molecule has 26 heavy (non-hydrogen) atoms. The Labute approximate surface area is 153 Å². The summed E-state index contributed by atoms with van der Waals surface area (Å²) < 4.78 is 12.3. The van der Waals surface area contributed by atoms with Gasteiger partial charge in [-0.2, -0.15) is 0 Å². The molecule has 0 atom stereocenters. The quantitative estimate of drug-likeness (QED) is 0.499. The highest BCUT2D eigenvalue weighted by atomic mass is 35.5. The van der Waals surface area contributed by atoms with E-state index in [1.807, 2.05) is 12.1 Å². The van der Waals surface area contributed by atoms with E-state index in [-0.39, 0.29) is 17.7 Å². The SMILES string of the molecule is CCOC(=O)c1c(-c2ccc(Cl)cc2)cn2c1c(=O)oc1ccccc12. The monoisotopic (exact) mass is 367 g/mol. The van der Waals surface area contributed by atoms with Gasteiger partial charge in [0.25, 0.3) is 0 Å². The summed E-state index contributed by atoms with van der Waals surface area (Å²) in [6.45, 7) is 1.92. The second kappa shape index (κ2) is 6.35. The van der Waals surface area contributed by atoms with E-state index in [4.69, 9.17) is 20.8 Å². The van der Waals surface area contributed by atoms with Crippen molar-refractivity contribution in [3.63, 3.8) is 0 Å². The van der Waals surface area contributed by atoms with Crippen molar-refractivity contribution in [1.82, 2.24) is 4.40 Å². The molecule has 4 aromatic rings. The van der Waals surface area contributed by atoms with E-state index in [2.05, 4.69) is 0 Å². The molecule has 0 aliphatic rings. The molecule has 0 bridgehead atoms. The second-order valence-corrected chi connectivity index (χ2v) is 6.16. The van der Waals surface area contributed by atoms with Gasteiger partial charge in [-0.3, -0.25) is 0 Å². The van der Waals surface area contributed by atoms with Gasteiger partial charge in [-0.1, -0.05) is 35.9 Å². The summed E-state index contributed by atoms with van der Waals surface area (Å²) in [6, 6.07) is 14.2. The van der Waals surface area contributed by atoms with Crippen LogP contribution in [-0.4, -0.2) is 17.0 Å². The predicted molar refractivity (Wildman–Crippen MR) is 99.8 cm³/mol. The minimum absolute atomic E-state index is 0.159. The van der Waals surface area contributed by atoms with Crippen LogP contribution in [0.3, 0.4) is 0 Å². The lowest BCUT2D eigenvalue weighted by molar-refractivity contribution is 0.0529. The first kappa shape index (κ1) is 16.4.